The Morgan fingerprint density at radius 2 is 1.50 bits per heavy atom. The van der Waals surface area contributed by atoms with Crippen LogP contribution in [0.4, 0.5) is 37.7 Å². The van der Waals surface area contributed by atoms with E-state index in [-0.39, 0.29) is 17.5 Å². The lowest BCUT2D eigenvalue weighted by Crippen LogP contribution is -2.21. The maximum atomic E-state index is 13.2. The fraction of sp³-hybridized carbons (Fsp3) is 0.120. The van der Waals surface area contributed by atoms with Crippen molar-refractivity contribution in [1.29, 1.82) is 0 Å². The Morgan fingerprint density at radius 3 is 2.12 bits per heavy atom. The second-order valence-corrected chi connectivity index (χ2v) is 7.57. The molecule has 1 aliphatic rings. The number of anilines is 2. The van der Waals surface area contributed by atoms with Crippen molar-refractivity contribution < 1.29 is 36.2 Å². The number of alkyl halides is 6. The topological polar surface area (TPSA) is 40.5 Å². The summed E-state index contributed by atoms with van der Waals surface area (Å²) < 4.78 is 78.3. The number of carboxylic acids is 1. The number of rotatable bonds is 4. The van der Waals surface area contributed by atoms with Crippen molar-refractivity contribution in [3.8, 4) is 0 Å². The number of hydrogen-bond donors (Lipinski definition) is 1. The Hall–Kier alpha value is -3.97. The minimum absolute atomic E-state index is 0.0330. The van der Waals surface area contributed by atoms with E-state index in [1.54, 1.807) is 11.0 Å². The van der Waals surface area contributed by atoms with Crippen molar-refractivity contribution in [3.63, 3.8) is 0 Å². The first-order valence-corrected chi connectivity index (χ1v) is 9.90. The van der Waals surface area contributed by atoms with Gasteiger partial charge in [-0.1, -0.05) is 23.9 Å². The molecule has 174 valence electrons. The van der Waals surface area contributed by atoms with Crippen LogP contribution in [-0.4, -0.2) is 11.1 Å². The molecule has 0 saturated heterocycles. The van der Waals surface area contributed by atoms with E-state index in [2.05, 4.69) is 5.73 Å². The van der Waals surface area contributed by atoms with Gasteiger partial charge < -0.3 is 10.0 Å². The molecular weight excluding hydrogens is 460 g/mol. The smallest absolute Gasteiger partial charge is 0.416 e. The van der Waals surface area contributed by atoms with E-state index in [4.69, 9.17) is 0 Å². The third-order valence-electron chi connectivity index (χ3n) is 5.26. The number of carboxylic acid groups (broad SMARTS) is 1. The highest BCUT2D eigenvalue weighted by atomic mass is 19.4. The van der Waals surface area contributed by atoms with Gasteiger partial charge in [0.15, 0.2) is 0 Å². The average Bonchev–Trinajstić information content (AvgIpc) is 2.78. The summed E-state index contributed by atoms with van der Waals surface area (Å²) in [4.78, 5) is 13.0. The average molecular weight is 475 g/mol. The largest absolute Gasteiger partial charge is 0.478 e. The van der Waals surface area contributed by atoms with E-state index in [9.17, 15) is 36.2 Å². The van der Waals surface area contributed by atoms with Crippen LogP contribution in [0.15, 0.2) is 78.2 Å². The van der Waals surface area contributed by atoms with Crippen LogP contribution in [0.25, 0.3) is 6.08 Å². The van der Waals surface area contributed by atoms with Gasteiger partial charge in [0.2, 0.25) is 0 Å². The number of nitrogens with zero attached hydrogens (tertiary/aromatic N) is 1. The van der Waals surface area contributed by atoms with Gasteiger partial charge in [-0.3, -0.25) is 0 Å². The van der Waals surface area contributed by atoms with Gasteiger partial charge in [-0.05, 0) is 60.2 Å². The summed E-state index contributed by atoms with van der Waals surface area (Å²) in [6.45, 7) is 0. The zero-order valence-electron chi connectivity index (χ0n) is 17.2. The van der Waals surface area contributed by atoms with Crippen molar-refractivity contribution in [2.75, 3.05) is 4.90 Å². The van der Waals surface area contributed by atoms with Crippen LogP contribution < -0.4 is 4.90 Å². The third-order valence-corrected chi connectivity index (χ3v) is 5.26. The molecule has 1 aliphatic heterocycles. The molecule has 0 spiro atoms. The molecule has 1 N–H and O–H groups in total. The number of halogens is 6. The lowest BCUT2D eigenvalue weighted by atomic mass is 9.99. The van der Waals surface area contributed by atoms with Gasteiger partial charge in [0.25, 0.3) is 0 Å². The predicted octanol–water partition coefficient (Wildman–Crippen LogP) is 7.31. The number of fused-ring (bicyclic) bond motifs is 1. The first-order chi connectivity index (χ1) is 15.9. The van der Waals surface area contributed by atoms with Crippen LogP contribution in [0.5, 0.6) is 0 Å². The predicted molar refractivity (Wildman–Crippen MR) is 114 cm³/mol. The summed E-state index contributed by atoms with van der Waals surface area (Å²) in [5.74, 6) is -1.18. The lowest BCUT2D eigenvalue weighted by molar-refractivity contribution is -0.138. The maximum absolute atomic E-state index is 13.2. The molecule has 1 heterocycles. The summed E-state index contributed by atoms with van der Waals surface area (Å²) in [6.07, 6.45) is -7.56. The zero-order valence-corrected chi connectivity index (χ0v) is 17.2. The quantitative estimate of drug-likeness (QED) is 0.318. The Bertz CT molecular complexity index is 1320. The molecule has 0 radical (unpaired) electrons. The molecule has 0 unspecified atom stereocenters. The molecule has 0 amide bonds. The van der Waals surface area contributed by atoms with E-state index in [0.29, 0.717) is 22.6 Å². The Kier molecular flexibility index (Phi) is 5.75. The summed E-state index contributed by atoms with van der Waals surface area (Å²) in [6, 6.07) is 13.5. The van der Waals surface area contributed by atoms with Crippen LogP contribution in [0.1, 0.15) is 32.6 Å². The molecule has 3 aromatic rings. The molecule has 0 fully saturated rings. The molecule has 34 heavy (non-hydrogen) atoms. The molecule has 3 nitrogen and oxygen atoms in total. The SMILES string of the molecule is O=C(O)c1cccc(N2C(Cc3ccc(C(F)(F)F)cc3)=C=Cc3cc(C(F)(F)F)ccc32)c1. The monoisotopic (exact) mass is 475 g/mol. The molecule has 0 aliphatic carbocycles. The van der Waals surface area contributed by atoms with Gasteiger partial charge in [-0.2, -0.15) is 26.3 Å². The Morgan fingerprint density at radius 1 is 0.853 bits per heavy atom. The molecule has 9 heteroatoms. The van der Waals surface area contributed by atoms with E-state index in [0.717, 1.165) is 24.3 Å². The Balaban J connectivity index is 1.80. The van der Waals surface area contributed by atoms with E-state index in [1.165, 1.54) is 42.5 Å². The summed E-state index contributed by atoms with van der Waals surface area (Å²) in [5.41, 5.74) is 3.11. The van der Waals surface area contributed by atoms with Gasteiger partial charge in [0, 0.05) is 17.7 Å². The van der Waals surface area contributed by atoms with Gasteiger partial charge >= 0.3 is 18.3 Å². The van der Waals surface area contributed by atoms with Crippen LogP contribution in [0, 0.1) is 0 Å². The van der Waals surface area contributed by atoms with E-state index in [1.807, 2.05) is 0 Å². The number of allylic oxidation sites excluding steroid dienone is 1. The Labute approximate surface area is 189 Å². The summed E-state index contributed by atoms with van der Waals surface area (Å²) >= 11 is 0. The van der Waals surface area contributed by atoms with Crippen molar-refractivity contribution in [2.45, 2.75) is 18.8 Å². The molecule has 0 aromatic heterocycles. The lowest BCUT2D eigenvalue weighted by Gasteiger charge is -2.31. The van der Waals surface area contributed by atoms with Crippen LogP contribution >= 0.6 is 0 Å². The minimum Gasteiger partial charge on any atom is -0.478 e. The fourth-order valence-electron chi connectivity index (χ4n) is 3.63. The van der Waals surface area contributed by atoms with Crippen LogP contribution in [0.2, 0.25) is 0 Å². The van der Waals surface area contributed by atoms with Gasteiger partial charge in [-0.15, -0.1) is 0 Å². The van der Waals surface area contributed by atoms with Crippen LogP contribution in [0.3, 0.4) is 0 Å². The first-order valence-electron chi connectivity index (χ1n) is 9.90. The standard InChI is InChI=1S/C25H15F6NO2/c26-24(27,28)18-7-4-15(5-8-18)12-21-10-6-16-13-19(25(29,30)31)9-11-22(16)32(21)20-3-1-2-17(14-20)23(33)34/h1-9,11,13-14H,12H2,(H,33,34). The summed E-state index contributed by atoms with van der Waals surface area (Å²) in [7, 11) is 0. The normalized spacial score (nSPS) is 13.5. The molecule has 0 atom stereocenters. The van der Waals surface area contributed by atoms with Crippen molar-refractivity contribution in [3.05, 3.63) is 106 Å². The van der Waals surface area contributed by atoms with Gasteiger partial charge in [0.05, 0.1) is 28.1 Å². The van der Waals surface area contributed by atoms with Gasteiger partial charge in [-0.25, -0.2) is 4.79 Å². The molecular formula is C25H15F6NO2. The maximum Gasteiger partial charge on any atom is 0.416 e. The van der Waals surface area contributed by atoms with Crippen molar-refractivity contribution in [1.82, 2.24) is 0 Å². The van der Waals surface area contributed by atoms with Gasteiger partial charge in [0.1, 0.15) is 0 Å². The molecule has 0 bridgehead atoms. The molecule has 4 rings (SSSR count). The molecule has 0 saturated carbocycles. The highest BCUT2D eigenvalue weighted by molar-refractivity contribution is 5.90. The third kappa shape index (κ3) is 4.70. The van der Waals surface area contributed by atoms with Crippen molar-refractivity contribution >= 4 is 23.4 Å². The highest BCUT2D eigenvalue weighted by Crippen LogP contribution is 2.40. The number of aromatic carboxylic acids is 1. The highest BCUT2D eigenvalue weighted by Gasteiger charge is 2.32. The number of hydrogen-bond acceptors (Lipinski definition) is 2. The number of carbonyl (C=O) groups is 1. The van der Waals surface area contributed by atoms with E-state index >= 15 is 0 Å². The molecule has 3 aromatic carbocycles. The fourth-order valence-corrected chi connectivity index (χ4v) is 3.63. The van der Waals surface area contributed by atoms with E-state index < -0.39 is 29.4 Å². The van der Waals surface area contributed by atoms with Crippen molar-refractivity contribution in [2.24, 2.45) is 0 Å². The van der Waals surface area contributed by atoms with Crippen LogP contribution in [-0.2, 0) is 18.8 Å². The second kappa shape index (κ2) is 8.43. The first kappa shape index (κ1) is 23.2. The summed E-state index contributed by atoms with van der Waals surface area (Å²) in [5, 5.41) is 9.36. The number of benzene rings is 3. The second-order valence-electron chi connectivity index (χ2n) is 7.57. The minimum atomic E-state index is -4.55. The zero-order chi connectivity index (χ0) is 24.7.